The molecular weight excluding hydrogens is 445 g/mol. The molecule has 2 aromatic rings. The molecule has 9 heteroatoms. The number of carbonyl (C=O) groups excluding carboxylic acids is 1. The number of amides is 1. The van der Waals surface area contributed by atoms with E-state index in [1.807, 2.05) is 29.2 Å². The van der Waals surface area contributed by atoms with Crippen LogP contribution in [0.1, 0.15) is 29.5 Å². The topological polar surface area (TPSA) is 59.8 Å². The van der Waals surface area contributed by atoms with Crippen molar-refractivity contribution in [2.45, 2.75) is 31.7 Å². The number of hydrogen-bond donors (Lipinski definition) is 0. The maximum absolute atomic E-state index is 12.9. The van der Waals surface area contributed by atoms with Crippen molar-refractivity contribution in [2.75, 3.05) is 44.2 Å². The summed E-state index contributed by atoms with van der Waals surface area (Å²) in [7, 11) is 0. The molecule has 2 aliphatic rings. The van der Waals surface area contributed by atoms with Crippen molar-refractivity contribution in [1.82, 2.24) is 9.80 Å². The molecule has 0 aliphatic carbocycles. The number of rotatable bonds is 4. The molecule has 6 nitrogen and oxygen atoms in total. The lowest BCUT2D eigenvalue weighted by Crippen LogP contribution is -2.50. The van der Waals surface area contributed by atoms with Crippen molar-refractivity contribution >= 4 is 11.8 Å². The van der Waals surface area contributed by atoms with Crippen LogP contribution in [0.2, 0.25) is 0 Å². The Balaban J connectivity index is 1.25. The highest BCUT2D eigenvalue weighted by atomic mass is 19.4. The molecule has 2 aliphatic heterocycles. The summed E-state index contributed by atoms with van der Waals surface area (Å²) < 4.78 is 44.6. The van der Waals surface area contributed by atoms with Gasteiger partial charge in [-0.1, -0.05) is 30.3 Å². The molecule has 2 heterocycles. The lowest BCUT2D eigenvalue weighted by Gasteiger charge is -2.37. The molecule has 4 rings (SSSR count). The van der Waals surface area contributed by atoms with Crippen LogP contribution in [0.25, 0.3) is 0 Å². The van der Waals surface area contributed by atoms with Crippen molar-refractivity contribution in [1.29, 1.82) is 5.26 Å². The number of carbonyl (C=O) groups is 1. The summed E-state index contributed by atoms with van der Waals surface area (Å²) in [5.41, 5.74) is 0.857. The van der Waals surface area contributed by atoms with Gasteiger partial charge in [0.25, 0.3) is 0 Å². The van der Waals surface area contributed by atoms with Crippen molar-refractivity contribution in [3.8, 4) is 6.07 Å². The minimum absolute atomic E-state index is 0.0203. The summed E-state index contributed by atoms with van der Waals surface area (Å²) in [6.07, 6.45) is -3.39. The maximum Gasteiger partial charge on any atom is 0.416 e. The molecule has 180 valence electrons. The molecule has 0 radical (unpaired) electrons. The number of nitriles is 1. The van der Waals surface area contributed by atoms with Gasteiger partial charge in [-0.25, -0.2) is 4.79 Å². The number of likely N-dealkylation sites (tertiary alicyclic amines) is 1. The van der Waals surface area contributed by atoms with Crippen LogP contribution in [0.5, 0.6) is 0 Å². The first kappa shape index (κ1) is 23.9. The predicted molar refractivity (Wildman–Crippen MR) is 121 cm³/mol. The lowest BCUT2D eigenvalue weighted by molar-refractivity contribution is -0.137. The Morgan fingerprint density at radius 3 is 2.29 bits per heavy atom. The highest BCUT2D eigenvalue weighted by Gasteiger charge is 2.32. The molecule has 0 saturated carbocycles. The van der Waals surface area contributed by atoms with Crippen LogP contribution in [-0.2, 0) is 17.5 Å². The van der Waals surface area contributed by atoms with Crippen molar-refractivity contribution in [3.05, 3.63) is 65.2 Å². The van der Waals surface area contributed by atoms with Crippen LogP contribution in [0.4, 0.5) is 23.7 Å². The van der Waals surface area contributed by atoms with Crippen LogP contribution >= 0.6 is 0 Å². The molecule has 0 spiro atoms. The Kier molecular flexibility index (Phi) is 7.27. The van der Waals surface area contributed by atoms with Crippen molar-refractivity contribution in [3.63, 3.8) is 0 Å². The Labute approximate surface area is 197 Å². The van der Waals surface area contributed by atoms with E-state index < -0.39 is 11.7 Å². The first-order chi connectivity index (χ1) is 16.3. The van der Waals surface area contributed by atoms with Crippen molar-refractivity contribution < 1.29 is 22.7 Å². The summed E-state index contributed by atoms with van der Waals surface area (Å²) >= 11 is 0. The average Bonchev–Trinajstić information content (AvgIpc) is 2.85. The smallest absolute Gasteiger partial charge is 0.416 e. The number of anilines is 1. The SMILES string of the molecule is N#Cc1cc(C(F)(F)F)ccc1N1CCN(C(=O)OC2CCN(Cc3ccccc3)CC2)CC1. The molecule has 0 bridgehead atoms. The summed E-state index contributed by atoms with van der Waals surface area (Å²) in [6, 6.07) is 15.3. The van der Waals surface area contributed by atoms with Gasteiger partial charge in [-0.15, -0.1) is 0 Å². The zero-order valence-electron chi connectivity index (χ0n) is 18.8. The van der Waals surface area contributed by atoms with Gasteiger partial charge in [0.05, 0.1) is 16.8 Å². The normalized spacial score (nSPS) is 17.9. The van der Waals surface area contributed by atoms with Crippen LogP contribution < -0.4 is 4.90 Å². The fraction of sp³-hybridized carbons (Fsp3) is 0.440. The van der Waals surface area contributed by atoms with Crippen molar-refractivity contribution in [2.24, 2.45) is 0 Å². The second kappa shape index (κ2) is 10.3. The van der Waals surface area contributed by atoms with Crippen LogP contribution in [0.3, 0.4) is 0 Å². The standard InChI is InChI=1S/C25H27F3N4O2/c26-25(27,28)21-6-7-23(20(16-21)17-29)31-12-14-32(15-13-31)24(33)34-22-8-10-30(11-9-22)18-19-4-2-1-3-5-19/h1-7,16,22H,8-15,18H2. The van der Waals surface area contributed by atoms with Gasteiger partial charge in [-0.3, -0.25) is 4.90 Å². The molecule has 0 unspecified atom stereocenters. The molecule has 0 aromatic heterocycles. The zero-order chi connectivity index (χ0) is 24.1. The zero-order valence-corrected chi connectivity index (χ0v) is 18.8. The van der Waals surface area contributed by atoms with Crippen LogP contribution in [0.15, 0.2) is 48.5 Å². The van der Waals surface area contributed by atoms with Gasteiger partial charge in [0, 0.05) is 45.8 Å². The fourth-order valence-corrected chi connectivity index (χ4v) is 4.45. The second-order valence-electron chi connectivity index (χ2n) is 8.66. The molecule has 1 amide bonds. The van der Waals surface area contributed by atoms with E-state index in [4.69, 9.17) is 4.74 Å². The highest BCUT2D eigenvalue weighted by molar-refractivity contribution is 5.69. The Morgan fingerprint density at radius 1 is 1.00 bits per heavy atom. The summed E-state index contributed by atoms with van der Waals surface area (Å²) in [6.45, 7) is 4.24. The molecule has 2 fully saturated rings. The minimum Gasteiger partial charge on any atom is -0.446 e. The van der Waals surface area contributed by atoms with E-state index in [9.17, 15) is 23.2 Å². The lowest BCUT2D eigenvalue weighted by atomic mass is 10.1. The number of piperidine rings is 1. The molecular formula is C25H27F3N4O2. The van der Waals surface area contributed by atoms with Gasteiger partial charge in [0.15, 0.2) is 0 Å². The van der Waals surface area contributed by atoms with E-state index in [1.165, 1.54) is 11.6 Å². The average molecular weight is 473 g/mol. The first-order valence-electron chi connectivity index (χ1n) is 11.4. The molecule has 2 saturated heterocycles. The van der Waals surface area contributed by atoms with Gasteiger partial charge < -0.3 is 14.5 Å². The quantitative estimate of drug-likeness (QED) is 0.656. The van der Waals surface area contributed by atoms with Gasteiger partial charge in [-0.2, -0.15) is 18.4 Å². The van der Waals surface area contributed by atoms with E-state index in [-0.39, 0.29) is 17.8 Å². The highest BCUT2D eigenvalue weighted by Crippen LogP contribution is 2.33. The number of alkyl halides is 3. The fourth-order valence-electron chi connectivity index (χ4n) is 4.45. The maximum atomic E-state index is 12.9. The largest absolute Gasteiger partial charge is 0.446 e. The third-order valence-electron chi connectivity index (χ3n) is 6.37. The minimum atomic E-state index is -4.50. The second-order valence-corrected chi connectivity index (χ2v) is 8.66. The number of benzene rings is 2. The molecule has 0 atom stereocenters. The van der Waals surface area contributed by atoms with E-state index in [0.29, 0.717) is 31.9 Å². The van der Waals surface area contributed by atoms with Crippen LogP contribution in [-0.4, -0.2) is 61.3 Å². The number of nitrogens with zero attached hydrogens (tertiary/aromatic N) is 4. The summed E-state index contributed by atoms with van der Waals surface area (Å²) in [4.78, 5) is 18.5. The molecule has 2 aromatic carbocycles. The number of piperazine rings is 1. The third-order valence-corrected chi connectivity index (χ3v) is 6.37. The number of ether oxygens (including phenoxy) is 1. The monoisotopic (exact) mass is 472 g/mol. The Bertz CT molecular complexity index is 1020. The number of halogens is 3. The van der Waals surface area contributed by atoms with E-state index in [2.05, 4.69) is 17.0 Å². The Morgan fingerprint density at radius 2 is 1.68 bits per heavy atom. The van der Waals surface area contributed by atoms with E-state index in [0.717, 1.165) is 44.6 Å². The van der Waals surface area contributed by atoms with E-state index >= 15 is 0 Å². The van der Waals surface area contributed by atoms with E-state index in [1.54, 1.807) is 4.90 Å². The Hall–Kier alpha value is -3.25. The first-order valence-corrected chi connectivity index (χ1v) is 11.4. The van der Waals surface area contributed by atoms with Gasteiger partial charge in [0.2, 0.25) is 0 Å². The van der Waals surface area contributed by atoms with Gasteiger partial charge >= 0.3 is 12.3 Å². The van der Waals surface area contributed by atoms with Gasteiger partial charge in [0.1, 0.15) is 12.2 Å². The predicted octanol–water partition coefficient (Wildman–Crippen LogP) is 4.50. The summed E-state index contributed by atoms with van der Waals surface area (Å²) in [5.74, 6) is 0. The molecule has 34 heavy (non-hydrogen) atoms. The van der Waals surface area contributed by atoms with Gasteiger partial charge in [-0.05, 0) is 36.6 Å². The summed E-state index contributed by atoms with van der Waals surface area (Å²) in [5, 5.41) is 9.33. The molecule has 0 N–H and O–H groups in total. The number of hydrogen-bond acceptors (Lipinski definition) is 5. The third kappa shape index (κ3) is 5.81. The van der Waals surface area contributed by atoms with Crippen LogP contribution in [0, 0.1) is 11.3 Å².